The van der Waals surface area contributed by atoms with Crippen molar-refractivity contribution in [2.75, 3.05) is 26.7 Å². The van der Waals surface area contributed by atoms with Crippen molar-refractivity contribution in [3.05, 3.63) is 46.4 Å². The zero-order valence-corrected chi connectivity index (χ0v) is 13.5. The van der Waals surface area contributed by atoms with E-state index in [0.29, 0.717) is 31.8 Å². The fourth-order valence-corrected chi connectivity index (χ4v) is 2.74. The largest absolute Gasteiger partial charge is 0.494 e. The second-order valence-corrected chi connectivity index (χ2v) is 5.85. The van der Waals surface area contributed by atoms with Gasteiger partial charge >= 0.3 is 0 Å². The van der Waals surface area contributed by atoms with Crippen LogP contribution in [0.4, 0.5) is 0 Å². The van der Waals surface area contributed by atoms with Gasteiger partial charge in [-0.2, -0.15) is 0 Å². The molecular formula is C16H21N3O2S. The number of nitrogens with zero attached hydrogens (tertiary/aromatic N) is 2. The highest BCUT2D eigenvalue weighted by Gasteiger charge is 2.14. The van der Waals surface area contributed by atoms with Crippen LogP contribution in [-0.4, -0.2) is 42.5 Å². The van der Waals surface area contributed by atoms with Gasteiger partial charge in [0.05, 0.1) is 11.6 Å². The minimum absolute atomic E-state index is 0.0563. The van der Waals surface area contributed by atoms with Crippen molar-refractivity contribution in [2.24, 2.45) is 5.73 Å². The van der Waals surface area contributed by atoms with Gasteiger partial charge in [-0.15, -0.1) is 11.3 Å². The number of hydrogen-bond acceptors (Lipinski definition) is 5. The molecule has 1 heterocycles. The van der Waals surface area contributed by atoms with E-state index in [-0.39, 0.29) is 5.91 Å². The third-order valence-corrected chi connectivity index (χ3v) is 4.03. The molecule has 0 saturated heterocycles. The van der Waals surface area contributed by atoms with Crippen LogP contribution in [0.25, 0.3) is 0 Å². The third kappa shape index (κ3) is 4.82. The Morgan fingerprint density at radius 3 is 2.86 bits per heavy atom. The molecule has 0 bridgehead atoms. The Bertz CT molecular complexity index is 586. The molecule has 5 nitrogen and oxygen atoms in total. The smallest absolute Gasteiger partial charge is 0.273 e. The molecule has 2 aromatic rings. The lowest BCUT2D eigenvalue weighted by Crippen LogP contribution is -2.29. The SMILES string of the molecule is CN(CCCOc1ccccc1)C(=O)c1csc(CCN)n1. The van der Waals surface area contributed by atoms with Gasteiger partial charge in [0.1, 0.15) is 11.4 Å². The first-order valence-electron chi connectivity index (χ1n) is 7.28. The van der Waals surface area contributed by atoms with Crippen LogP contribution in [0.3, 0.4) is 0 Å². The summed E-state index contributed by atoms with van der Waals surface area (Å²) in [5.74, 6) is 0.793. The minimum atomic E-state index is -0.0563. The van der Waals surface area contributed by atoms with Crippen molar-refractivity contribution >= 4 is 17.2 Å². The van der Waals surface area contributed by atoms with E-state index in [4.69, 9.17) is 10.5 Å². The second kappa shape index (κ2) is 8.51. The summed E-state index contributed by atoms with van der Waals surface area (Å²) in [5.41, 5.74) is 5.99. The van der Waals surface area contributed by atoms with Crippen LogP contribution in [0, 0.1) is 0 Å². The maximum atomic E-state index is 12.2. The second-order valence-electron chi connectivity index (χ2n) is 4.91. The molecule has 1 amide bonds. The van der Waals surface area contributed by atoms with Gasteiger partial charge in [0, 0.05) is 25.4 Å². The molecule has 1 aromatic carbocycles. The van der Waals surface area contributed by atoms with Crippen LogP contribution in [0.2, 0.25) is 0 Å². The molecule has 0 unspecified atom stereocenters. The van der Waals surface area contributed by atoms with E-state index in [1.54, 1.807) is 17.3 Å². The maximum absolute atomic E-state index is 12.2. The van der Waals surface area contributed by atoms with Crippen molar-refractivity contribution in [1.82, 2.24) is 9.88 Å². The Morgan fingerprint density at radius 2 is 2.14 bits per heavy atom. The number of carbonyl (C=O) groups excluding carboxylic acids is 1. The number of para-hydroxylation sites is 1. The van der Waals surface area contributed by atoms with E-state index >= 15 is 0 Å². The molecule has 1 aromatic heterocycles. The minimum Gasteiger partial charge on any atom is -0.494 e. The molecule has 0 aliphatic heterocycles. The fourth-order valence-electron chi connectivity index (χ4n) is 1.95. The Kier molecular flexibility index (Phi) is 6.36. The number of hydrogen-bond donors (Lipinski definition) is 1. The lowest BCUT2D eigenvalue weighted by Gasteiger charge is -2.16. The Hall–Kier alpha value is -1.92. The molecule has 118 valence electrons. The molecule has 0 aliphatic carbocycles. The van der Waals surface area contributed by atoms with Gasteiger partial charge in [0.25, 0.3) is 5.91 Å². The summed E-state index contributed by atoms with van der Waals surface area (Å²) in [6, 6.07) is 9.66. The Balaban J connectivity index is 1.74. The molecule has 0 spiro atoms. The number of nitrogens with two attached hydrogens (primary N) is 1. The maximum Gasteiger partial charge on any atom is 0.273 e. The van der Waals surface area contributed by atoms with Gasteiger partial charge in [-0.3, -0.25) is 4.79 Å². The van der Waals surface area contributed by atoms with Gasteiger partial charge < -0.3 is 15.4 Å². The number of ether oxygens (including phenoxy) is 1. The number of thiazole rings is 1. The topological polar surface area (TPSA) is 68.5 Å². The van der Waals surface area contributed by atoms with Gasteiger partial charge in [0.2, 0.25) is 0 Å². The summed E-state index contributed by atoms with van der Waals surface area (Å²) < 4.78 is 5.61. The number of benzene rings is 1. The zero-order valence-electron chi connectivity index (χ0n) is 12.7. The normalized spacial score (nSPS) is 10.5. The van der Waals surface area contributed by atoms with Crippen molar-refractivity contribution in [2.45, 2.75) is 12.8 Å². The van der Waals surface area contributed by atoms with Crippen molar-refractivity contribution in [3.8, 4) is 5.75 Å². The molecule has 2 rings (SSSR count). The molecule has 0 aliphatic rings. The molecule has 0 saturated carbocycles. The Morgan fingerprint density at radius 1 is 1.36 bits per heavy atom. The molecule has 0 fully saturated rings. The molecule has 22 heavy (non-hydrogen) atoms. The summed E-state index contributed by atoms with van der Waals surface area (Å²) in [6.07, 6.45) is 1.49. The molecule has 0 atom stereocenters. The fraction of sp³-hybridized carbons (Fsp3) is 0.375. The van der Waals surface area contributed by atoms with Gasteiger partial charge in [-0.25, -0.2) is 4.98 Å². The quantitative estimate of drug-likeness (QED) is 0.757. The highest BCUT2D eigenvalue weighted by Crippen LogP contribution is 2.12. The first-order chi connectivity index (χ1) is 10.7. The first kappa shape index (κ1) is 16.5. The van der Waals surface area contributed by atoms with Gasteiger partial charge in [-0.1, -0.05) is 18.2 Å². The lowest BCUT2D eigenvalue weighted by molar-refractivity contribution is 0.0782. The zero-order chi connectivity index (χ0) is 15.8. The average Bonchev–Trinajstić information content (AvgIpc) is 3.00. The lowest BCUT2D eigenvalue weighted by atomic mass is 10.3. The monoisotopic (exact) mass is 319 g/mol. The van der Waals surface area contributed by atoms with E-state index in [2.05, 4.69) is 4.98 Å². The summed E-state index contributed by atoms with van der Waals surface area (Å²) in [7, 11) is 1.78. The number of rotatable bonds is 8. The van der Waals surface area contributed by atoms with Crippen molar-refractivity contribution in [3.63, 3.8) is 0 Å². The summed E-state index contributed by atoms with van der Waals surface area (Å²) in [4.78, 5) is 18.2. The van der Waals surface area contributed by atoms with Crippen LogP contribution in [0.5, 0.6) is 5.75 Å². The van der Waals surface area contributed by atoms with E-state index in [9.17, 15) is 4.79 Å². The standard InChI is InChI=1S/C16H21N3O2S/c1-19(10-5-11-21-13-6-3-2-4-7-13)16(20)14-12-22-15(18-14)8-9-17/h2-4,6-7,12H,5,8-11,17H2,1H3. The van der Waals surface area contributed by atoms with Crippen LogP contribution < -0.4 is 10.5 Å². The highest BCUT2D eigenvalue weighted by atomic mass is 32.1. The van der Waals surface area contributed by atoms with Crippen LogP contribution in [-0.2, 0) is 6.42 Å². The van der Waals surface area contributed by atoms with Crippen LogP contribution in [0.1, 0.15) is 21.9 Å². The number of amides is 1. The van der Waals surface area contributed by atoms with Crippen LogP contribution in [0.15, 0.2) is 35.7 Å². The molecule has 2 N–H and O–H groups in total. The Labute approximate surface area is 134 Å². The summed E-state index contributed by atoms with van der Waals surface area (Å²) >= 11 is 1.48. The summed E-state index contributed by atoms with van der Waals surface area (Å²) in [6.45, 7) is 1.76. The molecule has 6 heteroatoms. The van der Waals surface area contributed by atoms with Crippen molar-refractivity contribution in [1.29, 1.82) is 0 Å². The number of carbonyl (C=O) groups is 1. The number of aromatic nitrogens is 1. The van der Waals surface area contributed by atoms with E-state index in [1.807, 2.05) is 30.3 Å². The third-order valence-electron chi connectivity index (χ3n) is 3.13. The highest BCUT2D eigenvalue weighted by molar-refractivity contribution is 7.09. The van der Waals surface area contributed by atoms with Gasteiger partial charge in [0.15, 0.2) is 0 Å². The first-order valence-corrected chi connectivity index (χ1v) is 8.16. The van der Waals surface area contributed by atoms with Crippen LogP contribution >= 0.6 is 11.3 Å². The van der Waals surface area contributed by atoms with Crippen molar-refractivity contribution < 1.29 is 9.53 Å². The summed E-state index contributed by atoms with van der Waals surface area (Å²) in [5, 5.41) is 2.70. The van der Waals surface area contributed by atoms with E-state index in [1.165, 1.54) is 11.3 Å². The molecule has 0 radical (unpaired) electrons. The molecular weight excluding hydrogens is 298 g/mol. The predicted octanol–water partition coefficient (Wildman–Crippen LogP) is 2.19. The predicted molar refractivity (Wildman–Crippen MR) is 88.4 cm³/mol. The van der Waals surface area contributed by atoms with Gasteiger partial charge in [-0.05, 0) is 25.1 Å². The van der Waals surface area contributed by atoms with E-state index < -0.39 is 0 Å². The average molecular weight is 319 g/mol. The van der Waals surface area contributed by atoms with E-state index in [0.717, 1.165) is 17.2 Å².